The van der Waals surface area contributed by atoms with Gasteiger partial charge in [-0.25, -0.2) is 22.5 Å². The van der Waals surface area contributed by atoms with E-state index >= 15 is 0 Å². The Kier molecular flexibility index (Phi) is 5.10. The van der Waals surface area contributed by atoms with Crippen LogP contribution in [0.3, 0.4) is 0 Å². The number of nitrogens with zero attached hydrogens (tertiary/aromatic N) is 5. The van der Waals surface area contributed by atoms with Gasteiger partial charge in [0.1, 0.15) is 5.69 Å². The van der Waals surface area contributed by atoms with E-state index in [0.717, 1.165) is 23.0 Å². The lowest BCUT2D eigenvalue weighted by Gasteiger charge is -2.11. The molecule has 164 valence electrons. The van der Waals surface area contributed by atoms with Crippen molar-refractivity contribution < 1.29 is 13.2 Å². The second-order valence-corrected chi connectivity index (χ2v) is 7.51. The highest BCUT2D eigenvalue weighted by Crippen LogP contribution is 2.22. The Morgan fingerprint density at radius 1 is 0.848 bits per heavy atom. The first-order chi connectivity index (χ1) is 15.9. The molecule has 5 aromatic rings. The molecule has 0 atom stereocenters. The van der Waals surface area contributed by atoms with E-state index in [0.29, 0.717) is 16.4 Å². The van der Waals surface area contributed by atoms with Crippen molar-refractivity contribution in [3.63, 3.8) is 0 Å². The summed E-state index contributed by atoms with van der Waals surface area (Å²) in [6.45, 7) is 0. The quantitative estimate of drug-likeness (QED) is 0.376. The molecule has 3 aromatic heterocycles. The van der Waals surface area contributed by atoms with Gasteiger partial charge in [0.2, 0.25) is 5.43 Å². The number of rotatable bonds is 4. The van der Waals surface area contributed by atoms with Crippen molar-refractivity contribution in [3.05, 3.63) is 112 Å². The lowest BCUT2D eigenvalue weighted by Crippen LogP contribution is -2.15. The summed E-state index contributed by atoms with van der Waals surface area (Å²) in [6, 6.07) is 13.8. The van der Waals surface area contributed by atoms with E-state index in [2.05, 4.69) is 10.2 Å². The highest BCUT2D eigenvalue weighted by atomic mass is 35.5. The van der Waals surface area contributed by atoms with Crippen molar-refractivity contribution in [3.8, 4) is 28.5 Å². The molecule has 2 aromatic carbocycles. The summed E-state index contributed by atoms with van der Waals surface area (Å²) in [7, 11) is 0. The Morgan fingerprint density at radius 2 is 1.64 bits per heavy atom. The molecule has 0 aliphatic rings. The number of hydrogen-bond donors (Lipinski definition) is 0. The first kappa shape index (κ1) is 20.8. The van der Waals surface area contributed by atoms with Gasteiger partial charge in [-0.15, -0.1) is 0 Å². The molecule has 0 saturated heterocycles. The van der Waals surface area contributed by atoms with Gasteiger partial charge in [-0.05, 0) is 36.4 Å². The largest absolute Gasteiger partial charge is 0.318 e. The number of hydrogen-bond acceptors (Lipinski definition) is 3. The smallest absolute Gasteiger partial charge is 0.209 e. The van der Waals surface area contributed by atoms with Gasteiger partial charge in [-0.2, -0.15) is 10.2 Å². The maximum Gasteiger partial charge on any atom is 0.209 e. The Labute approximate surface area is 189 Å². The predicted octanol–water partition coefficient (Wildman–Crippen LogP) is 4.95. The standard InChI is InChI=1S/C23H13ClF3N5O/c24-14-2-1-3-16(10-14)32-21(6-8-28-32)23-22(33)7-9-31(29-23)20-5-4-15(11-17(20)25)30-12-18(26)19(27)13-30/h1-13H. The van der Waals surface area contributed by atoms with Crippen LogP contribution in [0.2, 0.25) is 5.02 Å². The monoisotopic (exact) mass is 467 g/mol. The molecule has 5 rings (SSSR count). The van der Waals surface area contributed by atoms with Gasteiger partial charge in [0.05, 0.1) is 17.6 Å². The van der Waals surface area contributed by atoms with Crippen molar-refractivity contribution >= 4 is 11.6 Å². The lowest BCUT2D eigenvalue weighted by atomic mass is 10.2. The van der Waals surface area contributed by atoms with E-state index in [4.69, 9.17) is 11.6 Å². The predicted molar refractivity (Wildman–Crippen MR) is 117 cm³/mol. The third kappa shape index (κ3) is 3.83. The molecule has 0 aliphatic carbocycles. The Balaban J connectivity index is 1.57. The third-order valence-corrected chi connectivity index (χ3v) is 5.19. The zero-order valence-corrected chi connectivity index (χ0v) is 17.4. The average Bonchev–Trinajstić information content (AvgIpc) is 3.41. The number of halogens is 4. The highest BCUT2D eigenvalue weighted by molar-refractivity contribution is 6.30. The maximum absolute atomic E-state index is 14.9. The molecule has 0 saturated carbocycles. The van der Waals surface area contributed by atoms with E-state index < -0.39 is 17.5 Å². The van der Waals surface area contributed by atoms with Gasteiger partial charge in [-0.3, -0.25) is 4.79 Å². The highest BCUT2D eigenvalue weighted by Gasteiger charge is 2.16. The van der Waals surface area contributed by atoms with Crippen molar-refractivity contribution in [1.29, 1.82) is 0 Å². The second-order valence-electron chi connectivity index (χ2n) is 7.08. The summed E-state index contributed by atoms with van der Waals surface area (Å²) in [5.41, 5.74) is 0.951. The lowest BCUT2D eigenvalue weighted by molar-refractivity contribution is 0.516. The summed E-state index contributed by atoms with van der Waals surface area (Å²) >= 11 is 6.07. The van der Waals surface area contributed by atoms with Gasteiger partial charge in [-0.1, -0.05) is 17.7 Å². The van der Waals surface area contributed by atoms with Crippen LogP contribution >= 0.6 is 11.6 Å². The van der Waals surface area contributed by atoms with Crippen molar-refractivity contribution in [2.24, 2.45) is 0 Å². The summed E-state index contributed by atoms with van der Waals surface area (Å²) in [4.78, 5) is 12.6. The fourth-order valence-electron chi connectivity index (χ4n) is 3.41. The van der Waals surface area contributed by atoms with Crippen molar-refractivity contribution in [2.75, 3.05) is 0 Å². The van der Waals surface area contributed by atoms with Gasteiger partial charge in [0, 0.05) is 41.4 Å². The van der Waals surface area contributed by atoms with E-state index in [-0.39, 0.29) is 22.5 Å². The molecular formula is C23H13ClF3N5O. The van der Waals surface area contributed by atoms with Crippen LogP contribution in [0.15, 0.2) is 84.2 Å². The first-order valence-corrected chi connectivity index (χ1v) is 10.0. The van der Waals surface area contributed by atoms with E-state index in [1.54, 1.807) is 30.3 Å². The molecule has 0 amide bonds. The summed E-state index contributed by atoms with van der Waals surface area (Å²) in [6.07, 6.45) is 4.67. The first-order valence-electron chi connectivity index (χ1n) is 9.64. The van der Waals surface area contributed by atoms with Crippen LogP contribution in [0, 0.1) is 17.5 Å². The molecule has 10 heteroatoms. The second kappa shape index (κ2) is 8.10. The van der Waals surface area contributed by atoms with Gasteiger partial charge >= 0.3 is 0 Å². The Hall–Kier alpha value is -4.11. The Bertz CT molecular complexity index is 1540. The summed E-state index contributed by atoms with van der Waals surface area (Å²) in [5.74, 6) is -2.78. The van der Waals surface area contributed by atoms with Crippen LogP contribution in [-0.4, -0.2) is 24.1 Å². The van der Waals surface area contributed by atoms with E-state index in [1.165, 1.54) is 40.0 Å². The zero-order valence-electron chi connectivity index (χ0n) is 16.7. The molecule has 0 bridgehead atoms. The van der Waals surface area contributed by atoms with Crippen LogP contribution < -0.4 is 5.43 Å². The molecule has 0 radical (unpaired) electrons. The topological polar surface area (TPSA) is 57.6 Å². The van der Waals surface area contributed by atoms with Crippen LogP contribution in [0.4, 0.5) is 13.2 Å². The van der Waals surface area contributed by atoms with E-state index in [1.807, 2.05) is 0 Å². The normalized spacial score (nSPS) is 11.2. The van der Waals surface area contributed by atoms with Crippen LogP contribution in [0.1, 0.15) is 0 Å². The molecule has 0 spiro atoms. The van der Waals surface area contributed by atoms with Gasteiger partial charge in [0.15, 0.2) is 23.1 Å². The molecule has 0 N–H and O–H groups in total. The molecule has 3 heterocycles. The Morgan fingerprint density at radius 3 is 2.36 bits per heavy atom. The van der Waals surface area contributed by atoms with Gasteiger partial charge < -0.3 is 4.57 Å². The molecule has 0 unspecified atom stereocenters. The average molecular weight is 468 g/mol. The minimum absolute atomic E-state index is 0.0434. The number of aromatic nitrogens is 5. The van der Waals surface area contributed by atoms with Crippen LogP contribution in [0.5, 0.6) is 0 Å². The third-order valence-electron chi connectivity index (χ3n) is 4.96. The zero-order chi connectivity index (χ0) is 23.1. The fourth-order valence-corrected chi connectivity index (χ4v) is 3.60. The van der Waals surface area contributed by atoms with Gasteiger partial charge in [0.25, 0.3) is 0 Å². The number of benzene rings is 2. The minimum Gasteiger partial charge on any atom is -0.318 e. The molecular weight excluding hydrogens is 455 g/mol. The van der Waals surface area contributed by atoms with E-state index in [9.17, 15) is 18.0 Å². The fraction of sp³-hybridized carbons (Fsp3) is 0. The molecule has 0 aliphatic heterocycles. The molecule has 6 nitrogen and oxygen atoms in total. The molecule has 0 fully saturated rings. The van der Waals surface area contributed by atoms with Crippen molar-refractivity contribution in [1.82, 2.24) is 24.1 Å². The SMILES string of the molecule is O=c1ccn(-c2ccc(-n3cc(F)c(F)c3)cc2F)nc1-c1ccnn1-c1cccc(Cl)c1. The maximum atomic E-state index is 14.9. The minimum atomic E-state index is -1.04. The summed E-state index contributed by atoms with van der Waals surface area (Å²) < 4.78 is 45.4. The summed E-state index contributed by atoms with van der Waals surface area (Å²) in [5, 5.41) is 9.07. The van der Waals surface area contributed by atoms with Crippen molar-refractivity contribution in [2.45, 2.75) is 0 Å². The van der Waals surface area contributed by atoms with Crippen LogP contribution in [-0.2, 0) is 0 Å². The van der Waals surface area contributed by atoms with Crippen LogP contribution in [0.25, 0.3) is 28.5 Å². The molecule has 33 heavy (non-hydrogen) atoms.